The molecule has 3 rings (SSSR count). The van der Waals surface area contributed by atoms with Crippen molar-refractivity contribution < 1.29 is 17.9 Å². The van der Waals surface area contributed by atoms with Gasteiger partial charge in [-0.15, -0.1) is 0 Å². The monoisotopic (exact) mass is 365 g/mol. The van der Waals surface area contributed by atoms with Gasteiger partial charge in [-0.1, -0.05) is 6.07 Å². The molecule has 0 saturated carbocycles. The zero-order valence-electron chi connectivity index (χ0n) is 14.9. The number of nitrogens with zero attached hydrogens (tertiary/aromatic N) is 3. The standard InChI is InChI=1S/C17H23N3O4S/c1-12-17(16-11-24-9-8-19(16)25(4,21)22)13(2)20(18-12)14-6-5-7-15(10-14)23-3/h5-7,10,16H,8-9,11H2,1-4H3/t16-/m1/s1. The zero-order chi connectivity index (χ0) is 18.2. The first-order valence-corrected chi connectivity index (χ1v) is 9.93. The second-order valence-corrected chi connectivity index (χ2v) is 8.10. The smallest absolute Gasteiger partial charge is 0.211 e. The third-order valence-electron chi connectivity index (χ3n) is 4.48. The van der Waals surface area contributed by atoms with E-state index in [1.807, 2.05) is 42.8 Å². The molecule has 1 aromatic carbocycles. The van der Waals surface area contributed by atoms with Gasteiger partial charge in [-0.25, -0.2) is 13.1 Å². The number of rotatable bonds is 4. The molecule has 1 aliphatic rings. The highest BCUT2D eigenvalue weighted by Gasteiger charge is 2.34. The van der Waals surface area contributed by atoms with Crippen LogP contribution < -0.4 is 4.74 Å². The van der Waals surface area contributed by atoms with E-state index in [4.69, 9.17) is 9.47 Å². The highest BCUT2D eigenvalue weighted by molar-refractivity contribution is 7.88. The van der Waals surface area contributed by atoms with Crippen molar-refractivity contribution in [2.45, 2.75) is 19.9 Å². The highest BCUT2D eigenvalue weighted by Crippen LogP contribution is 2.32. The number of morpholine rings is 1. The maximum atomic E-state index is 12.2. The summed E-state index contributed by atoms with van der Waals surface area (Å²) in [6, 6.07) is 7.25. The van der Waals surface area contributed by atoms with Crippen LogP contribution >= 0.6 is 0 Å². The summed E-state index contributed by atoms with van der Waals surface area (Å²) in [4.78, 5) is 0. The van der Waals surface area contributed by atoms with Crippen LogP contribution in [0.5, 0.6) is 5.75 Å². The summed E-state index contributed by atoms with van der Waals surface area (Å²) < 4.78 is 38.5. The molecule has 0 aliphatic carbocycles. The predicted molar refractivity (Wildman–Crippen MR) is 94.7 cm³/mol. The van der Waals surface area contributed by atoms with Gasteiger partial charge in [0.05, 0.1) is 44.0 Å². The third-order valence-corrected chi connectivity index (χ3v) is 5.77. The number of hydrogen-bond acceptors (Lipinski definition) is 5. The van der Waals surface area contributed by atoms with Crippen LogP contribution in [-0.2, 0) is 14.8 Å². The van der Waals surface area contributed by atoms with Crippen LogP contribution in [0.25, 0.3) is 5.69 Å². The van der Waals surface area contributed by atoms with Crippen LogP contribution in [0.4, 0.5) is 0 Å². The van der Waals surface area contributed by atoms with E-state index in [1.54, 1.807) is 7.11 Å². The Morgan fingerprint density at radius 2 is 2.08 bits per heavy atom. The SMILES string of the molecule is COc1cccc(-n2nc(C)c([C@H]3COCCN3S(C)(=O)=O)c2C)c1. The molecule has 2 aromatic rings. The van der Waals surface area contributed by atoms with Gasteiger partial charge in [-0.2, -0.15) is 9.40 Å². The van der Waals surface area contributed by atoms with Crippen LogP contribution in [0.2, 0.25) is 0 Å². The number of methoxy groups -OCH3 is 1. The fourth-order valence-electron chi connectivity index (χ4n) is 3.34. The molecule has 7 nitrogen and oxygen atoms in total. The van der Waals surface area contributed by atoms with Crippen molar-refractivity contribution in [1.82, 2.24) is 14.1 Å². The van der Waals surface area contributed by atoms with Gasteiger partial charge in [0.15, 0.2) is 0 Å². The van der Waals surface area contributed by atoms with Gasteiger partial charge in [0.1, 0.15) is 5.75 Å². The molecular weight excluding hydrogens is 342 g/mol. The first-order valence-electron chi connectivity index (χ1n) is 8.08. The molecule has 0 amide bonds. The topological polar surface area (TPSA) is 73.7 Å². The first-order chi connectivity index (χ1) is 11.8. The summed E-state index contributed by atoms with van der Waals surface area (Å²) in [5, 5.41) is 4.63. The largest absolute Gasteiger partial charge is 0.497 e. The molecule has 1 aromatic heterocycles. The minimum absolute atomic E-state index is 0.332. The molecule has 1 fully saturated rings. The highest BCUT2D eigenvalue weighted by atomic mass is 32.2. The number of benzene rings is 1. The van der Waals surface area contributed by atoms with Crippen molar-refractivity contribution in [1.29, 1.82) is 0 Å². The van der Waals surface area contributed by atoms with E-state index in [9.17, 15) is 8.42 Å². The molecule has 1 atom stereocenters. The quantitative estimate of drug-likeness (QED) is 0.826. The molecule has 136 valence electrons. The molecule has 2 heterocycles. The average molecular weight is 365 g/mol. The van der Waals surface area contributed by atoms with Crippen LogP contribution in [0.1, 0.15) is 23.0 Å². The fraction of sp³-hybridized carbons (Fsp3) is 0.471. The van der Waals surface area contributed by atoms with E-state index < -0.39 is 10.0 Å². The molecule has 0 spiro atoms. The second kappa shape index (κ2) is 6.78. The summed E-state index contributed by atoms with van der Waals surface area (Å²) >= 11 is 0. The molecule has 0 unspecified atom stereocenters. The normalized spacial score (nSPS) is 19.1. The Kier molecular flexibility index (Phi) is 4.86. The summed E-state index contributed by atoms with van der Waals surface area (Å²) in [7, 11) is -1.71. The Morgan fingerprint density at radius 3 is 2.76 bits per heavy atom. The Hall–Kier alpha value is -1.90. The first kappa shape index (κ1) is 17.9. The van der Waals surface area contributed by atoms with Gasteiger partial charge in [-0.05, 0) is 26.0 Å². The van der Waals surface area contributed by atoms with Gasteiger partial charge in [0, 0.05) is 23.9 Å². The third kappa shape index (κ3) is 3.42. The van der Waals surface area contributed by atoms with Gasteiger partial charge >= 0.3 is 0 Å². The predicted octanol–water partition coefficient (Wildman–Crippen LogP) is 1.83. The molecule has 1 aliphatic heterocycles. The number of hydrogen-bond donors (Lipinski definition) is 0. The Balaban J connectivity index is 2.07. The second-order valence-electron chi connectivity index (χ2n) is 6.16. The van der Waals surface area contributed by atoms with E-state index in [0.717, 1.165) is 28.4 Å². The molecule has 0 bridgehead atoms. The van der Waals surface area contributed by atoms with Gasteiger partial charge in [-0.3, -0.25) is 0 Å². The van der Waals surface area contributed by atoms with Gasteiger partial charge in [0.25, 0.3) is 0 Å². The summed E-state index contributed by atoms with van der Waals surface area (Å²) in [6.07, 6.45) is 1.24. The van der Waals surface area contributed by atoms with E-state index in [0.29, 0.717) is 19.8 Å². The Bertz CT molecular complexity index is 876. The maximum Gasteiger partial charge on any atom is 0.211 e. The van der Waals surface area contributed by atoms with Crippen molar-refractivity contribution in [2.75, 3.05) is 33.1 Å². The lowest BCUT2D eigenvalue weighted by Gasteiger charge is -2.34. The molecule has 25 heavy (non-hydrogen) atoms. The maximum absolute atomic E-state index is 12.2. The minimum atomic E-state index is -3.33. The van der Waals surface area contributed by atoms with Crippen molar-refractivity contribution >= 4 is 10.0 Å². The van der Waals surface area contributed by atoms with E-state index in [-0.39, 0.29) is 6.04 Å². The molecule has 0 radical (unpaired) electrons. The molecule has 0 N–H and O–H groups in total. The van der Waals surface area contributed by atoms with Crippen LogP contribution in [0, 0.1) is 13.8 Å². The van der Waals surface area contributed by atoms with Crippen molar-refractivity contribution in [3.8, 4) is 11.4 Å². The molecular formula is C17H23N3O4S. The van der Waals surface area contributed by atoms with E-state index in [2.05, 4.69) is 5.10 Å². The summed E-state index contributed by atoms with van der Waals surface area (Å²) in [6.45, 7) is 4.94. The van der Waals surface area contributed by atoms with Crippen LogP contribution in [0.15, 0.2) is 24.3 Å². The summed E-state index contributed by atoms with van der Waals surface area (Å²) in [5.74, 6) is 0.741. The summed E-state index contributed by atoms with van der Waals surface area (Å²) in [5.41, 5.74) is 3.46. The lowest BCUT2D eigenvalue weighted by Crippen LogP contribution is -2.43. The van der Waals surface area contributed by atoms with Crippen LogP contribution in [-0.4, -0.2) is 55.6 Å². The van der Waals surface area contributed by atoms with Crippen molar-refractivity contribution in [3.05, 3.63) is 41.2 Å². The average Bonchev–Trinajstić information content (AvgIpc) is 2.88. The van der Waals surface area contributed by atoms with Gasteiger partial charge in [0.2, 0.25) is 10.0 Å². The van der Waals surface area contributed by atoms with Crippen LogP contribution in [0.3, 0.4) is 0 Å². The Morgan fingerprint density at radius 1 is 1.32 bits per heavy atom. The number of aryl methyl sites for hydroxylation is 1. The number of sulfonamides is 1. The zero-order valence-corrected chi connectivity index (χ0v) is 15.7. The lowest BCUT2D eigenvalue weighted by atomic mass is 10.0. The molecule has 1 saturated heterocycles. The van der Waals surface area contributed by atoms with E-state index in [1.165, 1.54) is 10.6 Å². The van der Waals surface area contributed by atoms with E-state index >= 15 is 0 Å². The fourth-order valence-corrected chi connectivity index (χ4v) is 4.38. The van der Waals surface area contributed by atoms with Crippen molar-refractivity contribution in [3.63, 3.8) is 0 Å². The minimum Gasteiger partial charge on any atom is -0.497 e. The van der Waals surface area contributed by atoms with Crippen molar-refractivity contribution in [2.24, 2.45) is 0 Å². The number of ether oxygens (including phenoxy) is 2. The lowest BCUT2D eigenvalue weighted by molar-refractivity contribution is 0.0319. The Labute approximate surface area is 148 Å². The van der Waals surface area contributed by atoms with Gasteiger partial charge < -0.3 is 9.47 Å². The number of aromatic nitrogens is 2. The molecule has 8 heteroatoms.